The van der Waals surface area contributed by atoms with E-state index >= 15 is 0 Å². The van der Waals surface area contributed by atoms with Gasteiger partial charge in [-0.15, -0.1) is 0 Å². The summed E-state index contributed by atoms with van der Waals surface area (Å²) in [5.74, 6) is -1.50. The van der Waals surface area contributed by atoms with E-state index in [0.29, 0.717) is 4.47 Å². The Morgan fingerprint density at radius 1 is 1.24 bits per heavy atom. The van der Waals surface area contributed by atoms with Crippen LogP contribution in [0.25, 0.3) is 0 Å². The second-order valence-electron chi connectivity index (χ2n) is 3.89. The number of furan rings is 1. The number of aromatic nitrogens is 1. The van der Waals surface area contributed by atoms with Crippen LogP contribution in [0.4, 0.5) is 0 Å². The van der Waals surface area contributed by atoms with Gasteiger partial charge < -0.3 is 14.7 Å². The molecule has 0 fully saturated rings. The van der Waals surface area contributed by atoms with Gasteiger partial charge in [-0.1, -0.05) is 0 Å². The number of hydrogen-bond acceptors (Lipinski definition) is 4. The van der Waals surface area contributed by atoms with Crippen molar-refractivity contribution in [2.75, 3.05) is 6.54 Å². The van der Waals surface area contributed by atoms with Crippen molar-refractivity contribution >= 4 is 33.7 Å². The van der Waals surface area contributed by atoms with E-state index in [9.17, 15) is 14.4 Å². The molecule has 0 saturated heterocycles. The second kappa shape index (κ2) is 6.75. The molecular weight excluding hydrogens is 344 g/mol. The number of rotatable bonds is 4. The van der Waals surface area contributed by atoms with Crippen LogP contribution < -0.4 is 16.2 Å². The molecule has 0 bridgehead atoms. The Bertz CT molecular complexity index is 650. The lowest BCUT2D eigenvalue weighted by Gasteiger charge is -2.06. The van der Waals surface area contributed by atoms with E-state index in [4.69, 9.17) is 4.42 Å². The largest absolute Gasteiger partial charge is 0.459 e. The molecule has 3 amide bonds. The fourth-order valence-corrected chi connectivity index (χ4v) is 1.74. The zero-order valence-electron chi connectivity index (χ0n) is 10.6. The van der Waals surface area contributed by atoms with Crippen LogP contribution >= 0.6 is 15.9 Å². The van der Waals surface area contributed by atoms with Crippen molar-refractivity contribution in [2.24, 2.45) is 0 Å². The standard InChI is InChI=1S/C12H11BrN4O4/c13-7-4-8(14-5-7)11(19)17-16-10(18)6-15-12(20)9-2-1-3-21-9/h1-5,14H,6H2,(H,15,20)(H,16,18)(H,17,19). The molecule has 110 valence electrons. The average molecular weight is 355 g/mol. The van der Waals surface area contributed by atoms with Gasteiger partial charge in [-0.2, -0.15) is 0 Å². The van der Waals surface area contributed by atoms with Crippen LogP contribution in [0.1, 0.15) is 21.0 Å². The summed E-state index contributed by atoms with van der Waals surface area (Å²) < 4.78 is 5.58. The van der Waals surface area contributed by atoms with Gasteiger partial charge in [0.2, 0.25) is 0 Å². The van der Waals surface area contributed by atoms with E-state index < -0.39 is 17.7 Å². The molecule has 0 aliphatic carbocycles. The van der Waals surface area contributed by atoms with E-state index in [0.717, 1.165) is 0 Å². The van der Waals surface area contributed by atoms with Gasteiger partial charge in [0.25, 0.3) is 17.7 Å². The molecule has 21 heavy (non-hydrogen) atoms. The minimum absolute atomic E-state index is 0.100. The predicted octanol–water partition coefficient (Wildman–Crippen LogP) is 0.561. The molecule has 0 spiro atoms. The van der Waals surface area contributed by atoms with E-state index in [-0.39, 0.29) is 18.0 Å². The van der Waals surface area contributed by atoms with Crippen LogP contribution in [0.15, 0.2) is 39.5 Å². The number of amides is 3. The van der Waals surface area contributed by atoms with Gasteiger partial charge in [-0.3, -0.25) is 25.2 Å². The highest BCUT2D eigenvalue weighted by molar-refractivity contribution is 9.10. The summed E-state index contributed by atoms with van der Waals surface area (Å²) in [7, 11) is 0. The van der Waals surface area contributed by atoms with Crippen LogP contribution in [-0.2, 0) is 4.79 Å². The third kappa shape index (κ3) is 4.21. The summed E-state index contributed by atoms with van der Waals surface area (Å²) in [6.45, 7) is -0.297. The number of aromatic amines is 1. The summed E-state index contributed by atoms with van der Waals surface area (Å²) in [6.07, 6.45) is 2.93. The summed E-state index contributed by atoms with van der Waals surface area (Å²) in [4.78, 5) is 37.3. The zero-order valence-corrected chi connectivity index (χ0v) is 12.2. The number of hydrogen-bond donors (Lipinski definition) is 4. The maximum absolute atomic E-state index is 11.6. The number of carbonyl (C=O) groups excluding carboxylic acids is 3. The van der Waals surface area contributed by atoms with Gasteiger partial charge in [-0.05, 0) is 34.1 Å². The molecule has 0 radical (unpaired) electrons. The van der Waals surface area contributed by atoms with Crippen LogP contribution in [0.5, 0.6) is 0 Å². The van der Waals surface area contributed by atoms with Crippen LogP contribution in [0.2, 0.25) is 0 Å². The molecule has 0 unspecified atom stereocenters. The molecule has 8 nitrogen and oxygen atoms in total. The van der Waals surface area contributed by atoms with E-state index in [1.165, 1.54) is 12.3 Å². The topological polar surface area (TPSA) is 116 Å². The van der Waals surface area contributed by atoms with E-state index in [1.807, 2.05) is 0 Å². The average Bonchev–Trinajstić information content (AvgIpc) is 3.13. The van der Waals surface area contributed by atoms with Crippen LogP contribution in [0.3, 0.4) is 0 Å². The summed E-state index contributed by atoms with van der Waals surface area (Å²) >= 11 is 3.19. The Hall–Kier alpha value is -2.55. The van der Waals surface area contributed by atoms with Crippen molar-refractivity contribution in [1.29, 1.82) is 0 Å². The molecule has 2 rings (SSSR count). The molecule has 0 aliphatic heterocycles. The highest BCUT2D eigenvalue weighted by atomic mass is 79.9. The quantitative estimate of drug-likeness (QED) is 0.600. The maximum atomic E-state index is 11.6. The number of hydrazine groups is 1. The van der Waals surface area contributed by atoms with Gasteiger partial charge in [0, 0.05) is 10.7 Å². The maximum Gasteiger partial charge on any atom is 0.287 e. The van der Waals surface area contributed by atoms with Gasteiger partial charge in [0.15, 0.2) is 5.76 Å². The number of halogens is 1. The number of nitrogens with one attached hydrogen (secondary N) is 4. The van der Waals surface area contributed by atoms with Crippen LogP contribution in [0, 0.1) is 0 Å². The van der Waals surface area contributed by atoms with Gasteiger partial charge >= 0.3 is 0 Å². The van der Waals surface area contributed by atoms with Gasteiger partial charge in [0.05, 0.1) is 12.8 Å². The second-order valence-corrected chi connectivity index (χ2v) is 4.81. The molecule has 2 aromatic rings. The van der Waals surface area contributed by atoms with Crippen molar-refractivity contribution in [3.63, 3.8) is 0 Å². The molecule has 0 aliphatic rings. The molecule has 0 saturated carbocycles. The minimum Gasteiger partial charge on any atom is -0.459 e. The lowest BCUT2D eigenvalue weighted by Crippen LogP contribution is -2.46. The fraction of sp³-hybridized carbons (Fsp3) is 0.0833. The third-order valence-corrected chi connectivity index (χ3v) is 2.82. The third-order valence-electron chi connectivity index (χ3n) is 2.36. The first-order chi connectivity index (χ1) is 10.1. The monoisotopic (exact) mass is 354 g/mol. The van der Waals surface area contributed by atoms with Crippen molar-refractivity contribution in [3.05, 3.63) is 46.6 Å². The van der Waals surface area contributed by atoms with Crippen molar-refractivity contribution in [3.8, 4) is 0 Å². The number of carbonyl (C=O) groups is 3. The normalized spacial score (nSPS) is 9.95. The zero-order chi connectivity index (χ0) is 15.2. The lowest BCUT2D eigenvalue weighted by atomic mass is 10.4. The fourth-order valence-electron chi connectivity index (χ4n) is 1.39. The predicted molar refractivity (Wildman–Crippen MR) is 75.1 cm³/mol. The van der Waals surface area contributed by atoms with Crippen LogP contribution in [-0.4, -0.2) is 29.3 Å². The summed E-state index contributed by atoms with van der Waals surface area (Å²) in [5.41, 5.74) is 4.66. The van der Waals surface area contributed by atoms with Crippen molar-refractivity contribution < 1.29 is 18.8 Å². The van der Waals surface area contributed by atoms with Gasteiger partial charge in [0.1, 0.15) is 5.69 Å². The molecule has 0 atom stereocenters. The number of H-pyrrole nitrogens is 1. The van der Waals surface area contributed by atoms with Crippen molar-refractivity contribution in [1.82, 2.24) is 21.2 Å². The Morgan fingerprint density at radius 2 is 2.05 bits per heavy atom. The first-order valence-electron chi connectivity index (χ1n) is 5.81. The molecule has 4 N–H and O–H groups in total. The van der Waals surface area contributed by atoms with E-state index in [1.54, 1.807) is 18.3 Å². The lowest BCUT2D eigenvalue weighted by molar-refractivity contribution is -0.120. The first-order valence-corrected chi connectivity index (χ1v) is 6.60. The molecule has 9 heteroatoms. The molecule has 2 aromatic heterocycles. The van der Waals surface area contributed by atoms with E-state index in [2.05, 4.69) is 37.1 Å². The Morgan fingerprint density at radius 3 is 2.67 bits per heavy atom. The molecule has 0 aromatic carbocycles. The van der Waals surface area contributed by atoms with Gasteiger partial charge in [-0.25, -0.2) is 0 Å². The molecular formula is C12H11BrN4O4. The smallest absolute Gasteiger partial charge is 0.287 e. The molecule has 2 heterocycles. The SMILES string of the molecule is O=C(CNC(=O)c1ccco1)NNC(=O)c1cc(Br)c[nH]1. The Balaban J connectivity index is 1.72. The summed E-state index contributed by atoms with van der Waals surface area (Å²) in [5, 5.41) is 2.34. The highest BCUT2D eigenvalue weighted by Crippen LogP contribution is 2.09. The first kappa shape index (κ1) is 14.9. The van der Waals surface area contributed by atoms with Crippen molar-refractivity contribution in [2.45, 2.75) is 0 Å². The summed E-state index contributed by atoms with van der Waals surface area (Å²) in [6, 6.07) is 4.59. The highest BCUT2D eigenvalue weighted by Gasteiger charge is 2.12. The minimum atomic E-state index is -0.575. The Kier molecular flexibility index (Phi) is 4.77. The Labute approximate surface area is 127 Å².